The smallest absolute Gasteiger partial charge is 0.361 e. The van der Waals surface area contributed by atoms with Gasteiger partial charge in [-0.2, -0.15) is 10.4 Å². The molecule has 0 fully saturated rings. The van der Waals surface area contributed by atoms with Gasteiger partial charge in [-0.05, 0) is 31.2 Å². The summed E-state index contributed by atoms with van der Waals surface area (Å²) in [5, 5.41) is 16.1. The third-order valence-corrected chi connectivity index (χ3v) is 4.49. The number of hydrogen-bond acceptors (Lipinski definition) is 7. The number of aromatic nitrogens is 3. The summed E-state index contributed by atoms with van der Waals surface area (Å²) in [6.45, 7) is 1.02. The molecule has 4 aromatic rings. The van der Waals surface area contributed by atoms with Crippen molar-refractivity contribution in [2.75, 3.05) is 11.9 Å². The maximum Gasteiger partial charge on any atom is 0.361 e. The molecule has 0 spiro atoms. The Morgan fingerprint density at radius 1 is 1.12 bits per heavy atom. The molecule has 0 aliphatic carbocycles. The molecule has 0 atom stereocenters. The Labute approximate surface area is 182 Å². The molecule has 0 aliphatic rings. The van der Waals surface area contributed by atoms with Crippen LogP contribution in [0.1, 0.15) is 21.8 Å². The van der Waals surface area contributed by atoms with Crippen molar-refractivity contribution in [1.29, 1.82) is 5.26 Å². The third-order valence-electron chi connectivity index (χ3n) is 4.49. The highest BCUT2D eigenvalue weighted by molar-refractivity contribution is 5.95. The van der Waals surface area contributed by atoms with E-state index < -0.39 is 18.5 Å². The van der Waals surface area contributed by atoms with E-state index in [0.717, 1.165) is 0 Å². The number of esters is 1. The maximum absolute atomic E-state index is 12.4. The lowest BCUT2D eigenvalue weighted by molar-refractivity contribution is -0.119. The molecule has 0 saturated heterocycles. The molecule has 1 amide bonds. The van der Waals surface area contributed by atoms with Gasteiger partial charge in [0.05, 0.1) is 11.9 Å². The van der Waals surface area contributed by atoms with E-state index in [1.807, 2.05) is 30.3 Å². The number of nitrogens with one attached hydrogen (secondary N) is 1. The summed E-state index contributed by atoms with van der Waals surface area (Å²) in [6, 6.07) is 20.1. The lowest BCUT2D eigenvalue weighted by atomic mass is 10.2. The van der Waals surface area contributed by atoms with Gasteiger partial charge in [0, 0.05) is 5.56 Å². The molecular formula is C23H17N5O4. The quantitative estimate of drug-likeness (QED) is 0.467. The monoisotopic (exact) mass is 427 g/mol. The van der Waals surface area contributed by atoms with Crippen molar-refractivity contribution in [1.82, 2.24) is 14.8 Å². The molecule has 9 nitrogen and oxygen atoms in total. The molecule has 0 saturated carbocycles. The third kappa shape index (κ3) is 4.24. The number of oxazole rings is 1. The number of rotatable bonds is 6. The number of nitriles is 1. The highest BCUT2D eigenvalue weighted by Gasteiger charge is 2.21. The van der Waals surface area contributed by atoms with Crippen molar-refractivity contribution in [3.63, 3.8) is 0 Å². The van der Waals surface area contributed by atoms with E-state index in [-0.39, 0.29) is 28.7 Å². The number of aryl methyl sites for hydroxylation is 1. The van der Waals surface area contributed by atoms with Crippen LogP contribution in [-0.2, 0) is 9.53 Å². The van der Waals surface area contributed by atoms with Crippen LogP contribution >= 0.6 is 0 Å². The van der Waals surface area contributed by atoms with E-state index >= 15 is 0 Å². The van der Waals surface area contributed by atoms with Gasteiger partial charge in [0.2, 0.25) is 5.89 Å². The SMILES string of the molecule is Cc1oc(-c2ccccc2)nc1C(=O)OCC(=O)Nc1c(C#N)cnn1-c1ccccc1. The van der Waals surface area contributed by atoms with Gasteiger partial charge in [-0.15, -0.1) is 0 Å². The second-order valence-electron chi connectivity index (χ2n) is 6.68. The van der Waals surface area contributed by atoms with E-state index in [1.54, 1.807) is 43.3 Å². The lowest BCUT2D eigenvalue weighted by Crippen LogP contribution is -2.23. The van der Waals surface area contributed by atoms with Crippen LogP contribution in [0.5, 0.6) is 0 Å². The van der Waals surface area contributed by atoms with Gasteiger partial charge in [-0.25, -0.2) is 14.5 Å². The summed E-state index contributed by atoms with van der Waals surface area (Å²) in [6.07, 6.45) is 1.35. The average molecular weight is 427 g/mol. The lowest BCUT2D eigenvalue weighted by Gasteiger charge is -2.09. The zero-order chi connectivity index (χ0) is 22.5. The van der Waals surface area contributed by atoms with Crippen molar-refractivity contribution < 1.29 is 18.7 Å². The fourth-order valence-electron chi connectivity index (χ4n) is 2.97. The number of hydrogen-bond donors (Lipinski definition) is 1. The molecule has 0 radical (unpaired) electrons. The van der Waals surface area contributed by atoms with E-state index in [4.69, 9.17) is 9.15 Å². The number of para-hydroxylation sites is 1. The molecule has 158 valence electrons. The van der Waals surface area contributed by atoms with Crippen molar-refractivity contribution >= 4 is 17.7 Å². The summed E-state index contributed by atoms with van der Waals surface area (Å²) in [4.78, 5) is 29.0. The van der Waals surface area contributed by atoms with Crippen molar-refractivity contribution in [3.05, 3.63) is 83.9 Å². The highest BCUT2D eigenvalue weighted by atomic mass is 16.5. The predicted molar refractivity (Wildman–Crippen MR) is 114 cm³/mol. The molecule has 1 N–H and O–H groups in total. The highest BCUT2D eigenvalue weighted by Crippen LogP contribution is 2.22. The first-order valence-corrected chi connectivity index (χ1v) is 9.60. The van der Waals surface area contributed by atoms with Crippen LogP contribution in [0, 0.1) is 18.3 Å². The molecule has 2 aromatic carbocycles. The summed E-state index contributed by atoms with van der Waals surface area (Å²) in [5.41, 5.74) is 1.54. The summed E-state index contributed by atoms with van der Waals surface area (Å²) < 4.78 is 12.1. The van der Waals surface area contributed by atoms with Crippen LogP contribution in [-0.4, -0.2) is 33.2 Å². The second-order valence-corrected chi connectivity index (χ2v) is 6.68. The molecule has 2 aromatic heterocycles. The number of ether oxygens (including phenoxy) is 1. The number of anilines is 1. The minimum atomic E-state index is -0.791. The Morgan fingerprint density at radius 2 is 1.81 bits per heavy atom. The first-order chi connectivity index (χ1) is 15.6. The summed E-state index contributed by atoms with van der Waals surface area (Å²) >= 11 is 0. The summed E-state index contributed by atoms with van der Waals surface area (Å²) in [5.74, 6) is -0.672. The fraction of sp³-hybridized carbons (Fsp3) is 0.0870. The Balaban J connectivity index is 1.44. The van der Waals surface area contributed by atoms with Gasteiger partial charge < -0.3 is 14.5 Å². The van der Waals surface area contributed by atoms with Crippen LogP contribution in [0.15, 0.2) is 71.3 Å². The fourth-order valence-corrected chi connectivity index (χ4v) is 2.97. The van der Waals surface area contributed by atoms with Crippen LogP contribution in [0.25, 0.3) is 17.1 Å². The van der Waals surface area contributed by atoms with Crippen molar-refractivity contribution in [2.24, 2.45) is 0 Å². The molecule has 0 aliphatic heterocycles. The van der Waals surface area contributed by atoms with Gasteiger partial charge in [0.1, 0.15) is 17.4 Å². The van der Waals surface area contributed by atoms with Crippen molar-refractivity contribution in [3.8, 4) is 23.2 Å². The first-order valence-electron chi connectivity index (χ1n) is 9.60. The number of benzene rings is 2. The van der Waals surface area contributed by atoms with Crippen LogP contribution in [0.2, 0.25) is 0 Å². The predicted octanol–water partition coefficient (Wildman–Crippen LogP) is 3.50. The number of nitrogens with zero attached hydrogens (tertiary/aromatic N) is 4. The van der Waals surface area contributed by atoms with E-state index in [9.17, 15) is 14.9 Å². The van der Waals surface area contributed by atoms with E-state index in [2.05, 4.69) is 15.4 Å². The normalized spacial score (nSPS) is 10.4. The zero-order valence-electron chi connectivity index (χ0n) is 17.0. The molecule has 4 rings (SSSR count). The Morgan fingerprint density at radius 3 is 2.50 bits per heavy atom. The maximum atomic E-state index is 12.4. The Hall–Kier alpha value is -4.71. The Kier molecular flexibility index (Phi) is 5.76. The van der Waals surface area contributed by atoms with Gasteiger partial charge in [-0.1, -0.05) is 36.4 Å². The van der Waals surface area contributed by atoms with Gasteiger partial charge in [-0.3, -0.25) is 4.79 Å². The molecule has 9 heteroatoms. The Bertz CT molecular complexity index is 1300. The van der Waals surface area contributed by atoms with E-state index in [1.165, 1.54) is 10.9 Å². The molecule has 0 bridgehead atoms. The van der Waals surface area contributed by atoms with Gasteiger partial charge in [0.15, 0.2) is 18.1 Å². The van der Waals surface area contributed by atoms with E-state index in [0.29, 0.717) is 11.3 Å². The largest absolute Gasteiger partial charge is 0.451 e. The van der Waals surface area contributed by atoms with Crippen LogP contribution < -0.4 is 5.32 Å². The first kappa shape index (κ1) is 20.6. The zero-order valence-corrected chi connectivity index (χ0v) is 17.0. The second kappa shape index (κ2) is 8.97. The van der Waals surface area contributed by atoms with Gasteiger partial charge in [0.25, 0.3) is 5.91 Å². The van der Waals surface area contributed by atoms with Gasteiger partial charge >= 0.3 is 5.97 Å². The topological polar surface area (TPSA) is 123 Å². The number of amides is 1. The molecule has 2 heterocycles. The molecular weight excluding hydrogens is 410 g/mol. The van der Waals surface area contributed by atoms with Crippen molar-refractivity contribution in [2.45, 2.75) is 6.92 Å². The summed E-state index contributed by atoms with van der Waals surface area (Å²) in [7, 11) is 0. The number of carbonyl (C=O) groups is 2. The minimum absolute atomic E-state index is 0.0105. The average Bonchev–Trinajstić information content (AvgIpc) is 3.42. The van der Waals surface area contributed by atoms with Crippen LogP contribution in [0.3, 0.4) is 0 Å². The van der Waals surface area contributed by atoms with Crippen LogP contribution in [0.4, 0.5) is 5.82 Å². The minimum Gasteiger partial charge on any atom is -0.451 e. The standard InChI is InChI=1S/C23H17N5O4/c1-15-20(27-22(32-15)16-8-4-2-5-9-16)23(30)31-14-19(29)26-21-17(12-24)13-25-28(21)18-10-6-3-7-11-18/h2-11,13H,14H2,1H3,(H,26,29). The molecule has 0 unspecified atom stereocenters. The molecule has 32 heavy (non-hydrogen) atoms. The number of carbonyl (C=O) groups excluding carboxylic acids is 2.